The lowest BCUT2D eigenvalue weighted by Gasteiger charge is -2.32. The fourth-order valence-electron chi connectivity index (χ4n) is 5.12. The van der Waals surface area contributed by atoms with Crippen LogP contribution in [0.1, 0.15) is 55.0 Å². The molecule has 2 aromatic heterocycles. The fourth-order valence-corrected chi connectivity index (χ4v) is 5.80. The van der Waals surface area contributed by atoms with Gasteiger partial charge < -0.3 is 15.0 Å². The van der Waals surface area contributed by atoms with Gasteiger partial charge in [-0.3, -0.25) is 14.5 Å². The van der Waals surface area contributed by atoms with E-state index in [9.17, 15) is 9.18 Å². The molecular weight excluding hydrogens is 552 g/mol. The Balaban J connectivity index is 1.25. The van der Waals surface area contributed by atoms with E-state index in [-0.39, 0.29) is 17.0 Å². The lowest BCUT2D eigenvalue weighted by atomic mass is 10.0. The van der Waals surface area contributed by atoms with Crippen LogP contribution in [0.4, 0.5) is 4.39 Å². The van der Waals surface area contributed by atoms with Gasteiger partial charge in [-0.15, -0.1) is 0 Å². The van der Waals surface area contributed by atoms with Crippen molar-refractivity contribution in [2.24, 2.45) is 0 Å². The van der Waals surface area contributed by atoms with E-state index in [4.69, 9.17) is 33.3 Å². The highest BCUT2D eigenvalue weighted by atomic mass is 35.5. The Morgan fingerprint density at radius 3 is 2.77 bits per heavy atom. The lowest BCUT2D eigenvalue weighted by Crippen LogP contribution is -2.40. The van der Waals surface area contributed by atoms with E-state index < -0.39 is 18.0 Å². The number of carbonyl (C=O) groups excluding carboxylic acids is 1. The number of piperidine rings is 1. The summed E-state index contributed by atoms with van der Waals surface area (Å²) < 4.78 is 22.2. The molecule has 0 spiro atoms. The van der Waals surface area contributed by atoms with Gasteiger partial charge in [0.05, 0.1) is 29.8 Å². The summed E-state index contributed by atoms with van der Waals surface area (Å²) >= 11 is 12.5. The average Bonchev–Trinajstić information content (AvgIpc) is 3.38. The van der Waals surface area contributed by atoms with Gasteiger partial charge in [0.2, 0.25) is 5.91 Å². The zero-order valence-corrected chi connectivity index (χ0v) is 23.6. The topological polar surface area (TPSA) is 84.1 Å². The molecule has 1 aliphatic heterocycles. The second-order valence-electron chi connectivity index (χ2n) is 10.1. The quantitative estimate of drug-likeness (QED) is 0.317. The number of benzene rings is 1. The van der Waals surface area contributed by atoms with Crippen LogP contribution in [-0.2, 0) is 16.0 Å². The molecule has 7 nitrogen and oxygen atoms in total. The number of amides is 1. The minimum absolute atomic E-state index is 0.0754. The first-order valence-electron chi connectivity index (χ1n) is 13.3. The Hall–Kier alpha value is -3.33. The van der Waals surface area contributed by atoms with Crippen molar-refractivity contribution in [1.29, 1.82) is 5.41 Å². The zero-order valence-electron chi connectivity index (χ0n) is 22.1. The molecule has 40 heavy (non-hydrogen) atoms. The summed E-state index contributed by atoms with van der Waals surface area (Å²) in [6, 6.07) is 6.63. The molecule has 10 heteroatoms. The Kier molecular flexibility index (Phi) is 8.78. The third-order valence-electron chi connectivity index (χ3n) is 7.35. The highest BCUT2D eigenvalue weighted by molar-refractivity contribution is 6.36. The molecule has 1 saturated heterocycles. The number of carbonyl (C=O) groups is 1. The van der Waals surface area contributed by atoms with Crippen LogP contribution in [0.25, 0.3) is 5.57 Å². The first-order chi connectivity index (χ1) is 19.3. The maximum Gasteiger partial charge on any atom is 0.227 e. The molecule has 208 valence electrons. The smallest absolute Gasteiger partial charge is 0.227 e. The summed E-state index contributed by atoms with van der Waals surface area (Å²) in [5.41, 5.74) is 3.44. The Bertz CT molecular complexity index is 1450. The monoisotopic (exact) mass is 581 g/mol. The first-order valence-corrected chi connectivity index (χ1v) is 14.0. The van der Waals surface area contributed by atoms with Gasteiger partial charge in [0.1, 0.15) is 11.9 Å². The predicted molar refractivity (Wildman–Crippen MR) is 154 cm³/mol. The molecule has 0 bridgehead atoms. The van der Waals surface area contributed by atoms with Crippen LogP contribution in [0.2, 0.25) is 10.0 Å². The van der Waals surface area contributed by atoms with Crippen molar-refractivity contribution >= 4 is 40.4 Å². The molecule has 1 aliphatic carbocycles. The van der Waals surface area contributed by atoms with Gasteiger partial charge >= 0.3 is 0 Å². The van der Waals surface area contributed by atoms with Crippen molar-refractivity contribution in [3.63, 3.8) is 0 Å². The van der Waals surface area contributed by atoms with Gasteiger partial charge in [-0.2, -0.15) is 5.10 Å². The minimum Gasteiger partial charge on any atom is -0.360 e. The maximum atomic E-state index is 14.1. The molecule has 1 N–H and O–H groups in total. The van der Waals surface area contributed by atoms with Crippen molar-refractivity contribution in [2.75, 3.05) is 13.1 Å². The number of ether oxygens (including phenoxy) is 1. The van der Waals surface area contributed by atoms with Gasteiger partial charge in [-0.1, -0.05) is 41.4 Å². The van der Waals surface area contributed by atoms with Gasteiger partial charge in [-0.25, -0.2) is 4.39 Å². The number of rotatable bonds is 7. The number of nitrogens with one attached hydrogen (secondary N) is 1. The lowest BCUT2D eigenvalue weighted by molar-refractivity contribution is -0.131. The molecule has 3 aromatic rings. The normalized spacial score (nSPS) is 18.9. The molecule has 5 rings (SSSR count). The predicted octanol–water partition coefficient (Wildman–Crippen LogP) is 6.64. The highest BCUT2D eigenvalue weighted by Gasteiger charge is 2.26. The molecule has 1 fully saturated rings. The van der Waals surface area contributed by atoms with Crippen LogP contribution < -0.4 is 0 Å². The first kappa shape index (κ1) is 28.2. The summed E-state index contributed by atoms with van der Waals surface area (Å²) in [4.78, 5) is 18.7. The number of hydrogen-bond acceptors (Lipinski definition) is 5. The third-order valence-corrected chi connectivity index (χ3v) is 8.06. The van der Waals surface area contributed by atoms with Gasteiger partial charge in [-0.05, 0) is 55.2 Å². The third kappa shape index (κ3) is 6.35. The molecule has 0 saturated carbocycles. The second kappa shape index (κ2) is 12.5. The van der Waals surface area contributed by atoms with Gasteiger partial charge in [0, 0.05) is 60.0 Å². The molecule has 1 amide bonds. The van der Waals surface area contributed by atoms with Crippen molar-refractivity contribution in [3.05, 3.63) is 99.8 Å². The molecule has 2 aliphatic rings. The molecule has 0 radical (unpaired) electrons. The Morgan fingerprint density at radius 1 is 1.23 bits per heavy atom. The average molecular weight is 583 g/mol. The van der Waals surface area contributed by atoms with Crippen molar-refractivity contribution < 1.29 is 13.9 Å². The second-order valence-corrected chi connectivity index (χ2v) is 10.9. The van der Waals surface area contributed by atoms with Gasteiger partial charge in [0.25, 0.3) is 0 Å². The van der Waals surface area contributed by atoms with Crippen LogP contribution in [0.5, 0.6) is 0 Å². The largest absolute Gasteiger partial charge is 0.360 e. The van der Waals surface area contributed by atoms with Crippen molar-refractivity contribution in [3.8, 4) is 0 Å². The number of hydrogen-bond donors (Lipinski definition) is 1. The summed E-state index contributed by atoms with van der Waals surface area (Å²) in [5, 5.41) is 13.4. The van der Waals surface area contributed by atoms with E-state index >= 15 is 0 Å². The van der Waals surface area contributed by atoms with Crippen LogP contribution >= 0.6 is 23.2 Å². The SMILES string of the molecule is CC(OC1C=C(c2cnn(C3CCN(C(=O)Cc4cccnc4)CC3)c2)C=CCC1=N)c1c(Cl)ccc(F)c1Cl. The molecule has 1 aromatic carbocycles. The Morgan fingerprint density at radius 2 is 2.02 bits per heavy atom. The fraction of sp³-hybridized carbons (Fsp3) is 0.333. The van der Waals surface area contributed by atoms with E-state index in [2.05, 4.69) is 10.1 Å². The van der Waals surface area contributed by atoms with Crippen molar-refractivity contribution in [1.82, 2.24) is 19.7 Å². The zero-order chi connectivity index (χ0) is 28.2. The standard InChI is InChI=1S/C30H30Cl2FN5O2/c1-19(29-24(31)7-8-25(33)30(29)32)40-27-15-21(5-2-6-26(27)34)22-17-36-38(18-22)23-9-12-37(13-10-23)28(39)14-20-4-3-11-35-16-20/h2-5,7-8,11,15-19,23,27,34H,6,9-10,12-14H2,1H3. The number of pyridine rings is 1. The molecule has 2 atom stereocenters. The minimum atomic E-state index is -0.646. The number of aromatic nitrogens is 3. The van der Waals surface area contributed by atoms with E-state index in [0.717, 1.165) is 29.5 Å². The molecule has 2 unspecified atom stereocenters. The maximum absolute atomic E-state index is 14.1. The summed E-state index contributed by atoms with van der Waals surface area (Å²) in [7, 11) is 0. The van der Waals surface area contributed by atoms with E-state index in [1.807, 2.05) is 52.3 Å². The van der Waals surface area contributed by atoms with E-state index in [0.29, 0.717) is 42.2 Å². The summed E-state index contributed by atoms with van der Waals surface area (Å²) in [6.45, 7) is 3.10. The van der Waals surface area contributed by atoms with Crippen LogP contribution in [-0.4, -0.2) is 50.5 Å². The van der Waals surface area contributed by atoms with Crippen LogP contribution in [0, 0.1) is 11.2 Å². The number of halogens is 3. The summed E-state index contributed by atoms with van der Waals surface area (Å²) in [6.07, 6.45) is 14.2. The van der Waals surface area contributed by atoms with Crippen LogP contribution in [0.15, 0.2) is 67.3 Å². The number of likely N-dealkylation sites (tertiary alicyclic amines) is 1. The van der Waals surface area contributed by atoms with E-state index in [1.54, 1.807) is 19.3 Å². The number of allylic oxidation sites excluding steroid dienone is 3. The van der Waals surface area contributed by atoms with Gasteiger partial charge in [0.15, 0.2) is 0 Å². The van der Waals surface area contributed by atoms with Crippen molar-refractivity contribution in [2.45, 2.75) is 50.9 Å². The van der Waals surface area contributed by atoms with Crippen LogP contribution in [0.3, 0.4) is 0 Å². The Labute approximate surface area is 242 Å². The molecular formula is C30H30Cl2FN5O2. The molecule has 3 heterocycles. The van der Waals surface area contributed by atoms with E-state index in [1.165, 1.54) is 12.1 Å². The number of nitrogens with zero attached hydrogens (tertiary/aromatic N) is 4. The summed E-state index contributed by atoms with van der Waals surface area (Å²) in [5.74, 6) is -0.452. The highest BCUT2D eigenvalue weighted by Crippen LogP contribution is 2.36.